The smallest absolute Gasteiger partial charge is 0.0603 e. The summed E-state index contributed by atoms with van der Waals surface area (Å²) in [7, 11) is 1.97. The molecule has 3 nitrogen and oxygen atoms in total. The molecule has 1 aromatic rings. The molecule has 0 radical (unpaired) electrons. The van der Waals surface area contributed by atoms with Crippen molar-refractivity contribution >= 4 is 6.08 Å². The van der Waals surface area contributed by atoms with Crippen LogP contribution < -0.4 is 5.32 Å². The van der Waals surface area contributed by atoms with Crippen molar-refractivity contribution in [3.63, 3.8) is 0 Å². The normalized spacial score (nSPS) is 23.1. The molecule has 0 saturated carbocycles. The molecule has 0 spiro atoms. The quantitative estimate of drug-likeness (QED) is 0.769. The average Bonchev–Trinajstić information content (AvgIpc) is 2.63. The SMILES string of the molecule is Cn1nccc1/C=C/C1CCCCN1. The Balaban J connectivity index is 1.95. The summed E-state index contributed by atoms with van der Waals surface area (Å²) in [6, 6.07) is 2.58. The Morgan fingerprint density at radius 3 is 3.14 bits per heavy atom. The van der Waals surface area contributed by atoms with Gasteiger partial charge in [0.15, 0.2) is 0 Å². The Hall–Kier alpha value is -1.09. The predicted octanol–water partition coefficient (Wildman–Crippen LogP) is 1.58. The molecule has 14 heavy (non-hydrogen) atoms. The fourth-order valence-corrected chi connectivity index (χ4v) is 1.81. The first kappa shape index (κ1) is 9.46. The van der Waals surface area contributed by atoms with Gasteiger partial charge in [0, 0.05) is 19.3 Å². The number of hydrogen-bond acceptors (Lipinski definition) is 2. The van der Waals surface area contributed by atoms with E-state index < -0.39 is 0 Å². The van der Waals surface area contributed by atoms with Crippen LogP contribution in [0.2, 0.25) is 0 Å². The maximum absolute atomic E-state index is 4.13. The second kappa shape index (κ2) is 4.42. The van der Waals surface area contributed by atoms with E-state index in [2.05, 4.69) is 22.6 Å². The summed E-state index contributed by atoms with van der Waals surface area (Å²) in [5, 5.41) is 7.61. The van der Waals surface area contributed by atoms with Crippen molar-refractivity contribution in [3.8, 4) is 0 Å². The fourth-order valence-electron chi connectivity index (χ4n) is 1.81. The summed E-state index contributed by atoms with van der Waals surface area (Å²) in [5.74, 6) is 0. The van der Waals surface area contributed by atoms with Gasteiger partial charge in [0.1, 0.15) is 0 Å². The largest absolute Gasteiger partial charge is 0.311 e. The molecule has 0 bridgehead atoms. The molecular weight excluding hydrogens is 174 g/mol. The summed E-state index contributed by atoms with van der Waals surface area (Å²) in [5.41, 5.74) is 1.16. The third-order valence-electron chi connectivity index (χ3n) is 2.71. The van der Waals surface area contributed by atoms with Crippen molar-refractivity contribution in [2.75, 3.05) is 6.54 Å². The molecule has 1 N–H and O–H groups in total. The van der Waals surface area contributed by atoms with Crippen molar-refractivity contribution in [2.45, 2.75) is 25.3 Å². The molecule has 76 valence electrons. The number of nitrogens with one attached hydrogen (secondary N) is 1. The van der Waals surface area contributed by atoms with E-state index in [-0.39, 0.29) is 0 Å². The second-order valence-electron chi connectivity index (χ2n) is 3.80. The van der Waals surface area contributed by atoms with Crippen LogP contribution >= 0.6 is 0 Å². The van der Waals surface area contributed by atoms with Gasteiger partial charge in [-0.25, -0.2) is 0 Å². The van der Waals surface area contributed by atoms with E-state index in [1.807, 2.05) is 24.0 Å². The number of aryl methyl sites for hydroxylation is 1. The molecule has 3 heteroatoms. The summed E-state index contributed by atoms with van der Waals surface area (Å²) >= 11 is 0. The van der Waals surface area contributed by atoms with Crippen molar-refractivity contribution in [3.05, 3.63) is 24.0 Å². The van der Waals surface area contributed by atoms with E-state index in [1.54, 1.807) is 0 Å². The van der Waals surface area contributed by atoms with Crippen molar-refractivity contribution in [1.29, 1.82) is 0 Å². The molecule has 2 heterocycles. The van der Waals surface area contributed by atoms with Gasteiger partial charge in [-0.2, -0.15) is 5.10 Å². The first-order chi connectivity index (χ1) is 6.86. The minimum atomic E-state index is 0.554. The summed E-state index contributed by atoms with van der Waals surface area (Å²) < 4.78 is 1.89. The zero-order valence-corrected chi connectivity index (χ0v) is 8.61. The van der Waals surface area contributed by atoms with Gasteiger partial charge in [0.05, 0.1) is 5.69 Å². The fraction of sp³-hybridized carbons (Fsp3) is 0.545. The standard InChI is InChI=1S/C11H17N3/c1-14-11(7-9-13-14)6-5-10-4-2-3-8-12-10/h5-7,9-10,12H,2-4,8H2,1H3/b6-5+. The Morgan fingerprint density at radius 1 is 1.57 bits per heavy atom. The Labute approximate surface area is 84.8 Å². The highest BCUT2D eigenvalue weighted by atomic mass is 15.2. The lowest BCUT2D eigenvalue weighted by molar-refractivity contribution is 0.455. The molecule has 0 amide bonds. The Morgan fingerprint density at radius 2 is 2.50 bits per heavy atom. The average molecular weight is 191 g/mol. The molecule has 0 aromatic carbocycles. The van der Waals surface area contributed by atoms with Crippen LogP contribution in [-0.4, -0.2) is 22.4 Å². The van der Waals surface area contributed by atoms with E-state index >= 15 is 0 Å². The number of aromatic nitrogens is 2. The van der Waals surface area contributed by atoms with Crippen molar-refractivity contribution in [1.82, 2.24) is 15.1 Å². The molecule has 1 saturated heterocycles. The van der Waals surface area contributed by atoms with E-state index in [0.717, 1.165) is 12.2 Å². The molecule has 1 unspecified atom stereocenters. The van der Waals surface area contributed by atoms with E-state index in [9.17, 15) is 0 Å². The maximum Gasteiger partial charge on any atom is 0.0603 e. The van der Waals surface area contributed by atoms with Crippen molar-refractivity contribution < 1.29 is 0 Å². The number of rotatable bonds is 2. The monoisotopic (exact) mass is 191 g/mol. The zero-order valence-electron chi connectivity index (χ0n) is 8.61. The van der Waals surface area contributed by atoms with Crippen LogP contribution in [0.3, 0.4) is 0 Å². The molecule has 1 aromatic heterocycles. The molecule has 1 aliphatic rings. The molecule has 1 fully saturated rings. The molecule has 1 atom stereocenters. The van der Waals surface area contributed by atoms with E-state index in [4.69, 9.17) is 0 Å². The lowest BCUT2D eigenvalue weighted by Crippen LogP contribution is -2.32. The highest BCUT2D eigenvalue weighted by molar-refractivity contribution is 5.45. The van der Waals surface area contributed by atoms with Crippen LogP contribution in [0.25, 0.3) is 6.08 Å². The number of hydrogen-bond donors (Lipinski definition) is 1. The van der Waals surface area contributed by atoms with Gasteiger partial charge in [-0.15, -0.1) is 0 Å². The maximum atomic E-state index is 4.13. The first-order valence-electron chi connectivity index (χ1n) is 5.26. The highest BCUT2D eigenvalue weighted by Gasteiger charge is 2.08. The van der Waals surface area contributed by atoms with Crippen LogP contribution in [0, 0.1) is 0 Å². The van der Waals surface area contributed by atoms with Crippen LogP contribution in [0.5, 0.6) is 0 Å². The highest BCUT2D eigenvalue weighted by Crippen LogP contribution is 2.09. The molecule has 1 aliphatic heterocycles. The van der Waals surface area contributed by atoms with Gasteiger partial charge >= 0.3 is 0 Å². The van der Waals surface area contributed by atoms with Crippen molar-refractivity contribution in [2.24, 2.45) is 7.05 Å². The van der Waals surface area contributed by atoms with Gasteiger partial charge in [0.2, 0.25) is 0 Å². The summed E-state index contributed by atoms with van der Waals surface area (Å²) in [6.45, 7) is 1.15. The van der Waals surface area contributed by atoms with Crippen LogP contribution in [-0.2, 0) is 7.05 Å². The second-order valence-corrected chi connectivity index (χ2v) is 3.80. The molecule has 2 rings (SSSR count). The van der Waals surface area contributed by atoms with Gasteiger partial charge in [0.25, 0.3) is 0 Å². The first-order valence-corrected chi connectivity index (χ1v) is 5.26. The Kier molecular flexibility index (Phi) is 2.99. The number of piperidine rings is 1. The molecule has 0 aliphatic carbocycles. The topological polar surface area (TPSA) is 29.9 Å². The van der Waals surface area contributed by atoms with Gasteiger partial charge < -0.3 is 5.32 Å². The lowest BCUT2D eigenvalue weighted by Gasteiger charge is -2.19. The third kappa shape index (κ3) is 2.23. The van der Waals surface area contributed by atoms with Gasteiger partial charge in [-0.05, 0) is 31.5 Å². The van der Waals surface area contributed by atoms with Crippen LogP contribution in [0.4, 0.5) is 0 Å². The van der Waals surface area contributed by atoms with Crippen LogP contribution in [0.15, 0.2) is 18.3 Å². The van der Waals surface area contributed by atoms with Gasteiger partial charge in [-0.3, -0.25) is 4.68 Å². The van der Waals surface area contributed by atoms with E-state index in [1.165, 1.54) is 19.3 Å². The summed E-state index contributed by atoms with van der Waals surface area (Å²) in [6.07, 6.45) is 10.1. The zero-order chi connectivity index (χ0) is 9.80. The predicted molar refractivity (Wildman–Crippen MR) is 57.9 cm³/mol. The third-order valence-corrected chi connectivity index (χ3v) is 2.71. The number of nitrogens with zero attached hydrogens (tertiary/aromatic N) is 2. The van der Waals surface area contributed by atoms with E-state index in [0.29, 0.717) is 6.04 Å². The minimum Gasteiger partial charge on any atom is -0.311 e. The Bertz CT molecular complexity index is 308. The lowest BCUT2D eigenvalue weighted by atomic mass is 10.0. The van der Waals surface area contributed by atoms with Gasteiger partial charge in [-0.1, -0.05) is 12.5 Å². The molecular formula is C11H17N3. The minimum absolute atomic E-state index is 0.554. The summed E-state index contributed by atoms with van der Waals surface area (Å²) in [4.78, 5) is 0. The van der Waals surface area contributed by atoms with Crippen LogP contribution in [0.1, 0.15) is 25.0 Å².